The summed E-state index contributed by atoms with van der Waals surface area (Å²) < 4.78 is 1.11. The first-order chi connectivity index (χ1) is 23.2. The fraction of sp³-hybridized carbons (Fsp3) is 0.130. The van der Waals surface area contributed by atoms with E-state index in [0.29, 0.717) is 5.92 Å². The van der Waals surface area contributed by atoms with Crippen LogP contribution in [0.3, 0.4) is 0 Å². The molecule has 0 aliphatic heterocycles. The number of benzene rings is 4. The zero-order valence-electron chi connectivity index (χ0n) is 26.7. The molecule has 0 nitrogen and oxygen atoms in total. The second kappa shape index (κ2) is 14.8. The Kier molecular flexibility index (Phi) is 9.73. The van der Waals surface area contributed by atoms with Gasteiger partial charge in [0.1, 0.15) is 0 Å². The number of allylic oxidation sites excluding steroid dienone is 14. The van der Waals surface area contributed by atoms with E-state index in [1.165, 1.54) is 61.2 Å². The first kappa shape index (κ1) is 30.9. The minimum Gasteiger partial charge on any atom is -0.0842 e. The van der Waals surface area contributed by atoms with Crippen LogP contribution in [0, 0.1) is 5.92 Å². The van der Waals surface area contributed by atoms with Gasteiger partial charge in [0.15, 0.2) is 0 Å². The summed E-state index contributed by atoms with van der Waals surface area (Å²) in [5, 5.41) is 0. The van der Waals surface area contributed by atoms with Gasteiger partial charge in [-0.2, -0.15) is 0 Å². The SMILES string of the molecule is Brc1cc(C2=CC=C(/C=C(/C3=CC=CCC3)C3C=CC=CC3)CC2)cc(-c2ccc(C=C(c3ccccc3)c3ccccc3)cc2)c1. The van der Waals surface area contributed by atoms with Gasteiger partial charge in [-0.25, -0.2) is 0 Å². The van der Waals surface area contributed by atoms with Gasteiger partial charge in [0.05, 0.1) is 0 Å². The Morgan fingerprint density at radius 2 is 1.36 bits per heavy atom. The fourth-order valence-corrected chi connectivity index (χ4v) is 7.25. The second-order valence-electron chi connectivity index (χ2n) is 12.5. The normalized spacial score (nSPS) is 17.5. The molecule has 4 aromatic rings. The zero-order chi connectivity index (χ0) is 31.8. The van der Waals surface area contributed by atoms with Crippen molar-refractivity contribution in [3.8, 4) is 11.1 Å². The van der Waals surface area contributed by atoms with Crippen LogP contribution in [0.2, 0.25) is 0 Å². The summed E-state index contributed by atoms with van der Waals surface area (Å²) in [4.78, 5) is 0. The molecule has 0 spiro atoms. The van der Waals surface area contributed by atoms with Gasteiger partial charge in [0, 0.05) is 10.4 Å². The minimum atomic E-state index is 0.460. The topological polar surface area (TPSA) is 0 Å². The lowest BCUT2D eigenvalue weighted by Crippen LogP contribution is -2.07. The van der Waals surface area contributed by atoms with E-state index >= 15 is 0 Å². The van der Waals surface area contributed by atoms with Crippen molar-refractivity contribution in [3.05, 3.63) is 207 Å². The van der Waals surface area contributed by atoms with E-state index in [4.69, 9.17) is 0 Å². The van der Waals surface area contributed by atoms with Crippen molar-refractivity contribution in [1.82, 2.24) is 0 Å². The molecular weight excluding hydrogens is 632 g/mol. The number of rotatable bonds is 8. The van der Waals surface area contributed by atoms with Crippen LogP contribution in [0.15, 0.2) is 185 Å². The summed E-state index contributed by atoms with van der Waals surface area (Å²) in [6.45, 7) is 0. The summed E-state index contributed by atoms with van der Waals surface area (Å²) in [5.74, 6) is 0.460. The average Bonchev–Trinajstić information content (AvgIpc) is 3.14. The van der Waals surface area contributed by atoms with Gasteiger partial charge < -0.3 is 0 Å². The van der Waals surface area contributed by atoms with Crippen LogP contribution < -0.4 is 0 Å². The number of hydrogen-bond acceptors (Lipinski definition) is 0. The minimum absolute atomic E-state index is 0.460. The molecule has 3 aliphatic carbocycles. The van der Waals surface area contributed by atoms with Crippen molar-refractivity contribution in [2.24, 2.45) is 5.92 Å². The lowest BCUT2D eigenvalue weighted by Gasteiger charge is -2.23. The maximum absolute atomic E-state index is 3.82. The van der Waals surface area contributed by atoms with Crippen molar-refractivity contribution >= 4 is 33.2 Å². The van der Waals surface area contributed by atoms with Gasteiger partial charge in [-0.1, -0.05) is 162 Å². The monoisotopic (exact) mass is 670 g/mol. The molecule has 230 valence electrons. The summed E-state index contributed by atoms with van der Waals surface area (Å²) in [7, 11) is 0. The van der Waals surface area contributed by atoms with Gasteiger partial charge in [0.2, 0.25) is 0 Å². The third kappa shape index (κ3) is 7.64. The standard InChI is InChI=1S/C46H39Br/c47-44-32-42(36-25-21-34(22-26-36)29-45(38-13-5-1-6-14-38)39-15-7-2-8-16-39)31-43(33-44)37-27-23-35(24-28-37)30-46(40-17-9-3-10-18-40)41-19-11-4-12-20-41/h1-11,13-17,19,21-23,25-27,29-33,40H,12,18,20,24,28H2/b46-30+. The van der Waals surface area contributed by atoms with Gasteiger partial charge in [0.25, 0.3) is 0 Å². The van der Waals surface area contributed by atoms with Gasteiger partial charge in [-0.3, -0.25) is 0 Å². The maximum Gasteiger partial charge on any atom is 0.0187 e. The fourth-order valence-electron chi connectivity index (χ4n) is 6.76. The van der Waals surface area contributed by atoms with E-state index in [0.717, 1.165) is 36.6 Å². The molecule has 0 bridgehead atoms. The smallest absolute Gasteiger partial charge is 0.0187 e. The first-order valence-electron chi connectivity index (χ1n) is 16.7. The Bertz CT molecular complexity index is 1930. The van der Waals surface area contributed by atoms with E-state index in [9.17, 15) is 0 Å². The molecule has 0 fully saturated rings. The van der Waals surface area contributed by atoms with Crippen LogP contribution >= 0.6 is 15.9 Å². The van der Waals surface area contributed by atoms with Gasteiger partial charge in [-0.15, -0.1) is 0 Å². The van der Waals surface area contributed by atoms with E-state index in [2.05, 4.69) is 186 Å². The molecule has 47 heavy (non-hydrogen) atoms. The number of halogens is 1. The molecule has 1 atom stereocenters. The summed E-state index contributed by atoms with van der Waals surface area (Å²) in [5.41, 5.74) is 14.4. The van der Waals surface area contributed by atoms with Crippen molar-refractivity contribution in [2.45, 2.75) is 32.1 Å². The Balaban J connectivity index is 1.14. The predicted octanol–water partition coefficient (Wildman–Crippen LogP) is 13.1. The maximum atomic E-state index is 3.82. The molecule has 7 rings (SSSR count). The largest absolute Gasteiger partial charge is 0.0842 e. The van der Waals surface area contributed by atoms with E-state index in [1.807, 2.05) is 0 Å². The van der Waals surface area contributed by atoms with Crippen molar-refractivity contribution in [3.63, 3.8) is 0 Å². The summed E-state index contributed by atoms with van der Waals surface area (Å²) in [6.07, 6.45) is 30.8. The summed E-state index contributed by atoms with van der Waals surface area (Å²) >= 11 is 3.82. The third-order valence-electron chi connectivity index (χ3n) is 9.28. The molecule has 0 aromatic heterocycles. The lowest BCUT2D eigenvalue weighted by atomic mass is 9.82. The number of hydrogen-bond donors (Lipinski definition) is 0. The van der Waals surface area contributed by atoms with Crippen LogP contribution in [0.4, 0.5) is 0 Å². The van der Waals surface area contributed by atoms with Gasteiger partial charge in [-0.05, 0) is 118 Å². The highest BCUT2D eigenvalue weighted by atomic mass is 79.9. The molecule has 0 N–H and O–H groups in total. The Morgan fingerprint density at radius 3 is 2.00 bits per heavy atom. The molecule has 0 heterocycles. The molecule has 4 aromatic carbocycles. The molecule has 1 heteroatoms. The van der Waals surface area contributed by atoms with E-state index in [-0.39, 0.29) is 0 Å². The molecule has 0 amide bonds. The van der Waals surface area contributed by atoms with E-state index < -0.39 is 0 Å². The third-order valence-corrected chi connectivity index (χ3v) is 9.74. The van der Waals surface area contributed by atoms with Crippen LogP contribution in [-0.2, 0) is 0 Å². The molecule has 0 saturated heterocycles. The van der Waals surface area contributed by atoms with Crippen molar-refractivity contribution < 1.29 is 0 Å². The Labute approximate surface area is 288 Å². The molecular formula is C46H39Br. The highest BCUT2D eigenvalue weighted by Gasteiger charge is 2.18. The molecule has 0 radical (unpaired) electrons. The summed E-state index contributed by atoms with van der Waals surface area (Å²) in [6, 6.07) is 37.1. The Hall–Kier alpha value is -4.72. The quantitative estimate of drug-likeness (QED) is 0.164. The van der Waals surface area contributed by atoms with Gasteiger partial charge >= 0.3 is 0 Å². The lowest BCUT2D eigenvalue weighted by molar-refractivity contribution is 0.753. The predicted molar refractivity (Wildman–Crippen MR) is 206 cm³/mol. The average molecular weight is 672 g/mol. The van der Waals surface area contributed by atoms with Crippen molar-refractivity contribution in [2.75, 3.05) is 0 Å². The second-order valence-corrected chi connectivity index (χ2v) is 13.4. The highest BCUT2D eigenvalue weighted by Crippen LogP contribution is 2.37. The molecule has 1 unspecified atom stereocenters. The molecule has 3 aliphatic rings. The van der Waals surface area contributed by atoms with E-state index in [1.54, 1.807) is 0 Å². The van der Waals surface area contributed by atoms with Crippen LogP contribution in [0.1, 0.15) is 54.4 Å². The van der Waals surface area contributed by atoms with Crippen molar-refractivity contribution in [1.29, 1.82) is 0 Å². The van der Waals surface area contributed by atoms with Crippen LogP contribution in [0.25, 0.3) is 28.3 Å². The first-order valence-corrected chi connectivity index (χ1v) is 17.5. The zero-order valence-corrected chi connectivity index (χ0v) is 28.2. The van der Waals surface area contributed by atoms with Crippen LogP contribution in [0.5, 0.6) is 0 Å². The molecule has 0 saturated carbocycles. The highest BCUT2D eigenvalue weighted by molar-refractivity contribution is 9.10. The van der Waals surface area contributed by atoms with Crippen LogP contribution in [-0.4, -0.2) is 0 Å². The Morgan fingerprint density at radius 1 is 0.617 bits per heavy atom.